The molecule has 1 saturated heterocycles. The van der Waals surface area contributed by atoms with Crippen molar-refractivity contribution in [2.24, 2.45) is 0 Å². The SMILES string of the molecule is O=C(Nc1ccc(Nc2ccccc2)cc1)C1CCCN1C(=O)C(F)(F)F. The van der Waals surface area contributed by atoms with Crippen LogP contribution in [-0.2, 0) is 9.59 Å². The summed E-state index contributed by atoms with van der Waals surface area (Å²) in [5, 5.41) is 5.77. The third kappa shape index (κ3) is 4.58. The van der Waals surface area contributed by atoms with Crippen LogP contribution < -0.4 is 10.6 Å². The molecule has 27 heavy (non-hydrogen) atoms. The number of hydrogen-bond donors (Lipinski definition) is 2. The van der Waals surface area contributed by atoms with Crippen LogP contribution in [0.3, 0.4) is 0 Å². The third-order valence-electron chi connectivity index (χ3n) is 4.27. The predicted octanol–water partition coefficient (Wildman–Crippen LogP) is 3.92. The lowest BCUT2D eigenvalue weighted by atomic mass is 10.2. The highest BCUT2D eigenvalue weighted by molar-refractivity contribution is 5.98. The van der Waals surface area contributed by atoms with Gasteiger partial charge < -0.3 is 15.5 Å². The Hall–Kier alpha value is -3.03. The van der Waals surface area contributed by atoms with Gasteiger partial charge in [0.05, 0.1) is 0 Å². The summed E-state index contributed by atoms with van der Waals surface area (Å²) in [7, 11) is 0. The molecular formula is C19H18F3N3O2. The monoisotopic (exact) mass is 377 g/mol. The molecule has 1 atom stereocenters. The van der Waals surface area contributed by atoms with Crippen molar-refractivity contribution in [2.45, 2.75) is 25.1 Å². The van der Waals surface area contributed by atoms with Gasteiger partial charge in [-0.15, -0.1) is 0 Å². The molecule has 142 valence electrons. The molecule has 2 aromatic carbocycles. The van der Waals surface area contributed by atoms with Crippen LogP contribution in [0.15, 0.2) is 54.6 Å². The summed E-state index contributed by atoms with van der Waals surface area (Å²) >= 11 is 0. The molecule has 0 saturated carbocycles. The van der Waals surface area contributed by atoms with Crippen LogP contribution in [-0.4, -0.2) is 35.5 Å². The molecule has 1 heterocycles. The van der Waals surface area contributed by atoms with E-state index in [0.717, 1.165) is 11.4 Å². The number of para-hydroxylation sites is 1. The summed E-state index contributed by atoms with van der Waals surface area (Å²) in [5.74, 6) is -2.59. The minimum Gasteiger partial charge on any atom is -0.356 e. The van der Waals surface area contributed by atoms with Gasteiger partial charge in [0.15, 0.2) is 0 Å². The zero-order chi connectivity index (χ0) is 19.4. The number of nitrogens with zero attached hydrogens (tertiary/aromatic N) is 1. The molecule has 2 amide bonds. The van der Waals surface area contributed by atoms with Gasteiger partial charge in [-0.05, 0) is 49.2 Å². The molecule has 1 aliphatic rings. The molecule has 2 aromatic rings. The van der Waals surface area contributed by atoms with E-state index in [1.807, 2.05) is 30.3 Å². The second-order valence-corrected chi connectivity index (χ2v) is 6.21. The Morgan fingerprint density at radius 3 is 2.15 bits per heavy atom. The van der Waals surface area contributed by atoms with E-state index in [0.29, 0.717) is 17.0 Å². The van der Waals surface area contributed by atoms with Crippen LogP contribution in [0.4, 0.5) is 30.2 Å². The second-order valence-electron chi connectivity index (χ2n) is 6.21. The van der Waals surface area contributed by atoms with E-state index in [1.54, 1.807) is 24.3 Å². The number of rotatable bonds is 4. The number of amides is 2. The fourth-order valence-corrected chi connectivity index (χ4v) is 3.00. The molecule has 1 aliphatic heterocycles. The summed E-state index contributed by atoms with van der Waals surface area (Å²) in [4.78, 5) is 24.4. The van der Waals surface area contributed by atoms with Gasteiger partial charge in [-0.3, -0.25) is 9.59 Å². The average Bonchev–Trinajstić information content (AvgIpc) is 3.12. The number of likely N-dealkylation sites (tertiary alicyclic amines) is 1. The van der Waals surface area contributed by atoms with Crippen molar-refractivity contribution in [3.63, 3.8) is 0 Å². The lowest BCUT2D eigenvalue weighted by Gasteiger charge is -2.24. The molecule has 0 spiro atoms. The van der Waals surface area contributed by atoms with Gasteiger partial charge in [0, 0.05) is 23.6 Å². The summed E-state index contributed by atoms with van der Waals surface area (Å²) in [6.45, 7) is -0.0731. The summed E-state index contributed by atoms with van der Waals surface area (Å²) < 4.78 is 38.0. The third-order valence-corrected chi connectivity index (χ3v) is 4.27. The lowest BCUT2D eigenvalue weighted by Crippen LogP contribution is -2.48. The average molecular weight is 377 g/mol. The number of carbonyl (C=O) groups is 2. The molecule has 5 nitrogen and oxygen atoms in total. The highest BCUT2D eigenvalue weighted by Gasteiger charge is 2.47. The molecule has 1 fully saturated rings. The lowest BCUT2D eigenvalue weighted by molar-refractivity contribution is -0.186. The zero-order valence-corrected chi connectivity index (χ0v) is 14.3. The Labute approximate surface area is 154 Å². The van der Waals surface area contributed by atoms with Gasteiger partial charge >= 0.3 is 12.1 Å². The second kappa shape index (κ2) is 7.69. The maximum absolute atomic E-state index is 12.7. The fourth-order valence-electron chi connectivity index (χ4n) is 3.00. The standard InChI is InChI=1S/C19H18F3N3O2/c20-19(21,22)18(27)25-12-4-7-16(25)17(26)24-15-10-8-14(9-11-15)23-13-5-2-1-3-6-13/h1-3,5-6,8-11,16,23H,4,7,12H2,(H,24,26). The van der Waals surface area contributed by atoms with Gasteiger partial charge in [-0.25, -0.2) is 0 Å². The Morgan fingerprint density at radius 1 is 0.926 bits per heavy atom. The van der Waals surface area contributed by atoms with Crippen molar-refractivity contribution in [3.8, 4) is 0 Å². The van der Waals surface area contributed by atoms with Crippen molar-refractivity contribution in [1.82, 2.24) is 4.90 Å². The van der Waals surface area contributed by atoms with Crippen LogP contribution in [0.5, 0.6) is 0 Å². The van der Waals surface area contributed by atoms with E-state index in [-0.39, 0.29) is 13.0 Å². The smallest absolute Gasteiger partial charge is 0.356 e. The minimum absolute atomic E-state index is 0.0731. The van der Waals surface area contributed by atoms with E-state index < -0.39 is 24.0 Å². The molecule has 3 rings (SSSR count). The zero-order valence-electron chi connectivity index (χ0n) is 14.3. The van der Waals surface area contributed by atoms with Crippen molar-refractivity contribution < 1.29 is 22.8 Å². The van der Waals surface area contributed by atoms with Crippen molar-refractivity contribution in [2.75, 3.05) is 17.2 Å². The Morgan fingerprint density at radius 2 is 1.52 bits per heavy atom. The van der Waals surface area contributed by atoms with E-state index in [2.05, 4.69) is 10.6 Å². The fraction of sp³-hybridized carbons (Fsp3) is 0.263. The quantitative estimate of drug-likeness (QED) is 0.849. The summed E-state index contributed by atoms with van der Waals surface area (Å²) in [6.07, 6.45) is -4.41. The molecule has 0 radical (unpaired) electrons. The van der Waals surface area contributed by atoms with Crippen molar-refractivity contribution in [3.05, 3.63) is 54.6 Å². The van der Waals surface area contributed by atoms with E-state index in [4.69, 9.17) is 0 Å². The topological polar surface area (TPSA) is 61.4 Å². The molecule has 0 aliphatic carbocycles. The summed E-state index contributed by atoms with van der Waals surface area (Å²) in [6, 6.07) is 15.2. The van der Waals surface area contributed by atoms with Gasteiger partial charge in [-0.1, -0.05) is 18.2 Å². The number of halogens is 3. The Balaban J connectivity index is 1.63. The number of carbonyl (C=O) groups excluding carboxylic acids is 2. The van der Waals surface area contributed by atoms with Crippen molar-refractivity contribution >= 4 is 28.9 Å². The minimum atomic E-state index is -4.98. The number of nitrogens with one attached hydrogen (secondary N) is 2. The Kier molecular flexibility index (Phi) is 5.34. The molecule has 8 heteroatoms. The first-order chi connectivity index (χ1) is 12.8. The highest BCUT2D eigenvalue weighted by atomic mass is 19.4. The van der Waals surface area contributed by atoms with Gasteiger partial charge in [0.25, 0.3) is 0 Å². The van der Waals surface area contributed by atoms with Gasteiger partial charge in [-0.2, -0.15) is 13.2 Å². The van der Waals surface area contributed by atoms with E-state index in [1.165, 1.54) is 0 Å². The molecule has 1 unspecified atom stereocenters. The number of hydrogen-bond acceptors (Lipinski definition) is 3. The number of alkyl halides is 3. The van der Waals surface area contributed by atoms with Crippen LogP contribution in [0, 0.1) is 0 Å². The first-order valence-corrected chi connectivity index (χ1v) is 8.45. The van der Waals surface area contributed by atoms with Crippen LogP contribution >= 0.6 is 0 Å². The van der Waals surface area contributed by atoms with E-state index in [9.17, 15) is 22.8 Å². The number of benzene rings is 2. The highest BCUT2D eigenvalue weighted by Crippen LogP contribution is 2.27. The van der Waals surface area contributed by atoms with Crippen LogP contribution in [0.25, 0.3) is 0 Å². The molecule has 0 bridgehead atoms. The van der Waals surface area contributed by atoms with Crippen molar-refractivity contribution in [1.29, 1.82) is 0 Å². The van der Waals surface area contributed by atoms with Crippen LogP contribution in [0.2, 0.25) is 0 Å². The maximum atomic E-state index is 12.7. The van der Waals surface area contributed by atoms with Crippen LogP contribution in [0.1, 0.15) is 12.8 Å². The normalized spacial score (nSPS) is 16.9. The molecule has 2 N–H and O–H groups in total. The van der Waals surface area contributed by atoms with Gasteiger partial charge in [0.2, 0.25) is 5.91 Å². The molecular weight excluding hydrogens is 359 g/mol. The summed E-state index contributed by atoms with van der Waals surface area (Å²) in [5.41, 5.74) is 2.15. The van der Waals surface area contributed by atoms with E-state index >= 15 is 0 Å². The maximum Gasteiger partial charge on any atom is 0.471 e. The molecule has 0 aromatic heterocycles. The number of anilines is 3. The van der Waals surface area contributed by atoms with Gasteiger partial charge in [0.1, 0.15) is 6.04 Å². The predicted molar refractivity (Wildman–Crippen MR) is 95.6 cm³/mol. The first kappa shape index (κ1) is 18.8. The Bertz CT molecular complexity index is 807. The first-order valence-electron chi connectivity index (χ1n) is 8.45. The largest absolute Gasteiger partial charge is 0.471 e.